The molecule has 6 heteroatoms. The molecule has 1 aliphatic heterocycles. The zero-order valence-corrected chi connectivity index (χ0v) is 12.3. The molecular weight excluding hydrogens is 260 g/mol. The number of imide groups is 1. The van der Waals surface area contributed by atoms with Crippen LogP contribution in [0.1, 0.15) is 46.5 Å². The van der Waals surface area contributed by atoms with Crippen molar-refractivity contribution >= 4 is 17.8 Å². The minimum atomic E-state index is -0.665. The topological polar surface area (TPSA) is 75.7 Å². The average Bonchev–Trinajstić information content (AvgIpc) is 2.58. The highest BCUT2D eigenvalue weighted by atomic mass is 16.7. The molecule has 1 heterocycles. The highest BCUT2D eigenvalue weighted by Gasteiger charge is 2.32. The molecule has 1 N–H and O–H groups in total. The molecule has 0 bridgehead atoms. The molecule has 0 unspecified atom stereocenters. The summed E-state index contributed by atoms with van der Waals surface area (Å²) in [5, 5.41) is 3.58. The van der Waals surface area contributed by atoms with E-state index in [2.05, 4.69) is 32.7 Å². The summed E-state index contributed by atoms with van der Waals surface area (Å²) in [6.45, 7) is 10.8. The van der Waals surface area contributed by atoms with Crippen LogP contribution in [0.15, 0.2) is 12.3 Å². The monoisotopic (exact) mass is 282 g/mol. The number of nitrogens with zero attached hydrogens (tertiary/aromatic N) is 1. The first-order valence-corrected chi connectivity index (χ1v) is 6.67. The Morgan fingerprint density at radius 2 is 1.85 bits per heavy atom. The molecule has 6 nitrogen and oxygen atoms in total. The van der Waals surface area contributed by atoms with Crippen molar-refractivity contribution in [3.8, 4) is 0 Å². The zero-order valence-electron chi connectivity index (χ0n) is 12.3. The molecule has 1 saturated heterocycles. The molecule has 0 aromatic heterocycles. The van der Waals surface area contributed by atoms with E-state index in [0.717, 1.165) is 6.42 Å². The van der Waals surface area contributed by atoms with E-state index in [0.29, 0.717) is 17.3 Å². The molecule has 0 aromatic carbocycles. The number of hydroxylamine groups is 2. The number of carbonyl (C=O) groups is 3. The number of hydrogen-bond acceptors (Lipinski definition) is 5. The molecular formula is C14H22N2O4. The molecule has 1 rings (SSSR count). The molecule has 20 heavy (non-hydrogen) atoms. The Morgan fingerprint density at radius 3 is 2.35 bits per heavy atom. The fourth-order valence-corrected chi connectivity index (χ4v) is 1.64. The van der Waals surface area contributed by atoms with Gasteiger partial charge in [-0.05, 0) is 11.8 Å². The first-order chi connectivity index (χ1) is 9.19. The fourth-order valence-electron chi connectivity index (χ4n) is 1.64. The van der Waals surface area contributed by atoms with E-state index in [-0.39, 0.29) is 24.7 Å². The van der Waals surface area contributed by atoms with E-state index < -0.39 is 17.8 Å². The SMILES string of the molecule is C=C(CC(=O)ON1C(=O)CCC1=O)NCCC(C)(C)C. The van der Waals surface area contributed by atoms with Gasteiger partial charge in [-0.3, -0.25) is 9.59 Å². The summed E-state index contributed by atoms with van der Waals surface area (Å²) >= 11 is 0. The van der Waals surface area contributed by atoms with Crippen LogP contribution in [0.3, 0.4) is 0 Å². The Morgan fingerprint density at radius 1 is 1.30 bits per heavy atom. The van der Waals surface area contributed by atoms with Crippen molar-refractivity contribution in [3.05, 3.63) is 12.3 Å². The molecule has 1 aliphatic rings. The summed E-state index contributed by atoms with van der Waals surface area (Å²) in [6, 6.07) is 0. The third kappa shape index (κ3) is 5.42. The van der Waals surface area contributed by atoms with Gasteiger partial charge in [0.1, 0.15) is 0 Å². The summed E-state index contributed by atoms with van der Waals surface area (Å²) in [5.41, 5.74) is 0.709. The second-order valence-electron chi connectivity index (χ2n) is 6.06. The number of carbonyl (C=O) groups excluding carboxylic acids is 3. The number of amides is 2. The second kappa shape index (κ2) is 6.54. The Balaban J connectivity index is 2.30. The second-order valence-corrected chi connectivity index (χ2v) is 6.06. The van der Waals surface area contributed by atoms with Crippen molar-refractivity contribution < 1.29 is 19.2 Å². The van der Waals surface area contributed by atoms with E-state index in [4.69, 9.17) is 4.84 Å². The lowest BCUT2D eigenvalue weighted by molar-refractivity contribution is -0.197. The smallest absolute Gasteiger partial charge is 0.339 e. The molecule has 0 spiro atoms. The highest BCUT2D eigenvalue weighted by Crippen LogP contribution is 2.17. The summed E-state index contributed by atoms with van der Waals surface area (Å²) in [7, 11) is 0. The largest absolute Gasteiger partial charge is 0.388 e. The predicted octanol–water partition coefficient (Wildman–Crippen LogP) is 1.52. The predicted molar refractivity (Wildman–Crippen MR) is 73.0 cm³/mol. The molecule has 1 fully saturated rings. The maximum absolute atomic E-state index is 11.6. The van der Waals surface area contributed by atoms with Crippen LogP contribution in [-0.2, 0) is 19.2 Å². The van der Waals surface area contributed by atoms with Gasteiger partial charge in [-0.1, -0.05) is 27.4 Å². The van der Waals surface area contributed by atoms with Crippen LogP contribution in [0, 0.1) is 5.41 Å². The minimum Gasteiger partial charge on any atom is -0.388 e. The molecule has 112 valence electrons. The molecule has 0 atom stereocenters. The summed E-state index contributed by atoms with van der Waals surface area (Å²) in [5.74, 6) is -1.62. The molecule has 0 radical (unpaired) electrons. The number of rotatable bonds is 6. The Bertz CT molecular complexity index is 407. The van der Waals surface area contributed by atoms with Gasteiger partial charge in [0.15, 0.2) is 0 Å². The Labute approximate surface area is 119 Å². The van der Waals surface area contributed by atoms with E-state index >= 15 is 0 Å². The van der Waals surface area contributed by atoms with Crippen LogP contribution in [0.2, 0.25) is 0 Å². The lowest BCUT2D eigenvalue weighted by Crippen LogP contribution is -2.32. The normalized spacial score (nSPS) is 15.4. The van der Waals surface area contributed by atoms with Gasteiger partial charge in [0, 0.05) is 25.1 Å². The van der Waals surface area contributed by atoms with Crippen molar-refractivity contribution in [2.45, 2.75) is 46.5 Å². The lowest BCUT2D eigenvalue weighted by Gasteiger charge is -2.19. The maximum atomic E-state index is 11.6. The van der Waals surface area contributed by atoms with Crippen molar-refractivity contribution in [2.75, 3.05) is 6.54 Å². The van der Waals surface area contributed by atoms with Gasteiger partial charge >= 0.3 is 5.97 Å². The Kier molecular flexibility index (Phi) is 5.30. The summed E-state index contributed by atoms with van der Waals surface area (Å²) < 4.78 is 0. The summed E-state index contributed by atoms with van der Waals surface area (Å²) in [4.78, 5) is 38.9. The van der Waals surface area contributed by atoms with Gasteiger partial charge in [0.2, 0.25) is 0 Å². The standard InChI is InChI=1S/C14H22N2O4/c1-10(15-8-7-14(2,3)4)9-13(19)20-16-11(17)5-6-12(16)18/h15H,1,5-9H2,2-4H3. The van der Waals surface area contributed by atoms with Gasteiger partial charge in [0.05, 0.1) is 6.42 Å². The highest BCUT2D eigenvalue weighted by molar-refractivity contribution is 6.01. The molecule has 0 aliphatic carbocycles. The number of nitrogens with one attached hydrogen (secondary N) is 1. The Hall–Kier alpha value is -1.85. The van der Waals surface area contributed by atoms with Gasteiger partial charge in [-0.15, -0.1) is 5.06 Å². The van der Waals surface area contributed by atoms with Gasteiger partial charge in [-0.2, -0.15) is 0 Å². The van der Waals surface area contributed by atoms with Crippen LogP contribution in [0.25, 0.3) is 0 Å². The van der Waals surface area contributed by atoms with E-state index in [1.165, 1.54) is 0 Å². The van der Waals surface area contributed by atoms with Crippen LogP contribution < -0.4 is 5.32 Å². The van der Waals surface area contributed by atoms with Crippen molar-refractivity contribution in [2.24, 2.45) is 5.41 Å². The first kappa shape index (κ1) is 16.2. The molecule has 0 saturated carbocycles. The van der Waals surface area contributed by atoms with Gasteiger partial charge in [-0.25, -0.2) is 4.79 Å². The van der Waals surface area contributed by atoms with Gasteiger partial charge < -0.3 is 10.2 Å². The van der Waals surface area contributed by atoms with Crippen LogP contribution >= 0.6 is 0 Å². The molecule has 2 amide bonds. The van der Waals surface area contributed by atoms with E-state index in [1.807, 2.05) is 0 Å². The van der Waals surface area contributed by atoms with Crippen LogP contribution in [-0.4, -0.2) is 29.4 Å². The third-order valence-corrected chi connectivity index (χ3v) is 2.81. The van der Waals surface area contributed by atoms with E-state index in [9.17, 15) is 14.4 Å². The maximum Gasteiger partial charge on any atom is 0.339 e. The van der Waals surface area contributed by atoms with E-state index in [1.54, 1.807) is 0 Å². The third-order valence-electron chi connectivity index (χ3n) is 2.81. The lowest BCUT2D eigenvalue weighted by atomic mass is 9.92. The fraction of sp³-hybridized carbons (Fsp3) is 0.643. The van der Waals surface area contributed by atoms with Crippen LogP contribution in [0.5, 0.6) is 0 Å². The average molecular weight is 282 g/mol. The van der Waals surface area contributed by atoms with Crippen molar-refractivity contribution in [3.63, 3.8) is 0 Å². The number of hydrogen-bond donors (Lipinski definition) is 1. The van der Waals surface area contributed by atoms with Crippen molar-refractivity contribution in [1.82, 2.24) is 10.4 Å². The van der Waals surface area contributed by atoms with Crippen molar-refractivity contribution in [1.29, 1.82) is 0 Å². The zero-order chi connectivity index (χ0) is 15.3. The van der Waals surface area contributed by atoms with Crippen LogP contribution in [0.4, 0.5) is 0 Å². The van der Waals surface area contributed by atoms with Gasteiger partial charge in [0.25, 0.3) is 11.8 Å². The quantitative estimate of drug-likeness (QED) is 0.748. The minimum absolute atomic E-state index is 0.0683. The first-order valence-electron chi connectivity index (χ1n) is 6.67. The summed E-state index contributed by atoms with van der Waals surface area (Å²) in [6.07, 6.45) is 1.05. The molecule has 0 aromatic rings.